The Bertz CT molecular complexity index is 685. The van der Waals surface area contributed by atoms with Crippen molar-refractivity contribution in [2.24, 2.45) is 7.05 Å². The summed E-state index contributed by atoms with van der Waals surface area (Å²) in [6.45, 7) is 1.93. The number of nitrogen functional groups attached to an aromatic ring is 1. The van der Waals surface area contributed by atoms with Crippen molar-refractivity contribution in [2.75, 3.05) is 5.73 Å². The lowest BCUT2D eigenvalue weighted by Gasteiger charge is -2.07. The van der Waals surface area contributed by atoms with Crippen LogP contribution >= 0.6 is 11.8 Å². The van der Waals surface area contributed by atoms with E-state index in [0.717, 1.165) is 10.5 Å². The molecule has 0 aliphatic carbocycles. The minimum atomic E-state index is -0.795. The van der Waals surface area contributed by atoms with Gasteiger partial charge in [0.15, 0.2) is 5.16 Å². The van der Waals surface area contributed by atoms with Gasteiger partial charge < -0.3 is 5.73 Å². The van der Waals surface area contributed by atoms with Crippen molar-refractivity contribution in [1.29, 1.82) is 0 Å². The third kappa shape index (κ3) is 2.62. The van der Waals surface area contributed by atoms with Gasteiger partial charge in [0.2, 0.25) is 0 Å². The number of rotatable bonds is 2. The van der Waals surface area contributed by atoms with E-state index < -0.39 is 11.1 Å². The van der Waals surface area contributed by atoms with Crippen molar-refractivity contribution in [2.45, 2.75) is 17.0 Å². The smallest absolute Gasteiger partial charge is 0.339 e. The lowest BCUT2D eigenvalue weighted by Crippen LogP contribution is -2.33. The zero-order chi connectivity index (χ0) is 13.3. The summed E-state index contributed by atoms with van der Waals surface area (Å²) in [5.74, 6) is 0. The van der Waals surface area contributed by atoms with E-state index in [1.807, 2.05) is 19.1 Å². The molecule has 0 radical (unpaired) electrons. The fraction of sp³-hybridized carbons (Fsp3) is 0.182. The monoisotopic (exact) mass is 264 g/mol. The van der Waals surface area contributed by atoms with E-state index in [0.29, 0.717) is 10.8 Å². The van der Waals surface area contributed by atoms with Gasteiger partial charge in [-0.05, 0) is 30.7 Å². The van der Waals surface area contributed by atoms with Gasteiger partial charge in [-0.1, -0.05) is 11.8 Å². The number of nitrogens with two attached hydrogens (primary N) is 1. The van der Waals surface area contributed by atoms with Crippen molar-refractivity contribution in [3.63, 3.8) is 0 Å². The molecule has 2 rings (SSSR count). The molecular formula is C11H12N4O2S. The molecule has 0 saturated carbocycles. The highest BCUT2D eigenvalue weighted by Gasteiger charge is 2.06. The summed E-state index contributed by atoms with van der Waals surface area (Å²) >= 11 is 1.27. The summed E-state index contributed by atoms with van der Waals surface area (Å²) in [4.78, 5) is 26.9. The molecule has 0 saturated heterocycles. The molecule has 1 heterocycles. The number of H-pyrrole nitrogens is 1. The van der Waals surface area contributed by atoms with Gasteiger partial charge in [-0.25, -0.2) is 0 Å². The van der Waals surface area contributed by atoms with Crippen LogP contribution in [0.3, 0.4) is 0 Å². The highest BCUT2D eigenvalue weighted by molar-refractivity contribution is 7.99. The Morgan fingerprint density at radius 2 is 2.06 bits per heavy atom. The van der Waals surface area contributed by atoms with Crippen LogP contribution < -0.4 is 16.9 Å². The van der Waals surface area contributed by atoms with E-state index in [-0.39, 0.29) is 0 Å². The van der Waals surface area contributed by atoms with E-state index in [2.05, 4.69) is 10.1 Å². The Morgan fingerprint density at radius 3 is 2.72 bits per heavy atom. The van der Waals surface area contributed by atoms with Crippen LogP contribution in [0.4, 0.5) is 5.69 Å². The van der Waals surface area contributed by atoms with Gasteiger partial charge in [0.25, 0.3) is 0 Å². The van der Waals surface area contributed by atoms with Gasteiger partial charge in [-0.15, -0.1) is 0 Å². The molecule has 3 N–H and O–H groups in total. The van der Waals surface area contributed by atoms with Gasteiger partial charge in [-0.3, -0.25) is 19.4 Å². The van der Waals surface area contributed by atoms with Crippen LogP contribution in [-0.4, -0.2) is 14.8 Å². The third-order valence-electron chi connectivity index (χ3n) is 2.23. The Kier molecular flexibility index (Phi) is 3.24. The molecule has 0 fully saturated rings. The second-order valence-corrected chi connectivity index (χ2v) is 4.92. The van der Waals surface area contributed by atoms with Crippen molar-refractivity contribution in [3.8, 4) is 0 Å². The fourth-order valence-corrected chi connectivity index (χ4v) is 2.45. The molecule has 7 heteroatoms. The van der Waals surface area contributed by atoms with E-state index in [1.54, 1.807) is 13.1 Å². The Balaban J connectivity index is 2.43. The number of hydrogen-bond acceptors (Lipinski definition) is 5. The van der Waals surface area contributed by atoms with Gasteiger partial charge in [0.05, 0.1) is 0 Å². The number of aromatic amines is 1. The molecule has 94 valence electrons. The number of aromatic nitrogens is 3. The number of benzene rings is 1. The Morgan fingerprint density at radius 1 is 1.33 bits per heavy atom. The quantitative estimate of drug-likeness (QED) is 0.609. The lowest BCUT2D eigenvalue weighted by atomic mass is 10.2. The molecule has 2 aromatic rings. The Hall–Kier alpha value is -2.02. The maximum absolute atomic E-state index is 11.2. The third-order valence-corrected chi connectivity index (χ3v) is 3.25. The Labute approximate surface area is 107 Å². The molecule has 0 aliphatic heterocycles. The molecule has 6 nitrogen and oxygen atoms in total. The summed E-state index contributed by atoms with van der Waals surface area (Å²) in [7, 11) is 1.62. The zero-order valence-electron chi connectivity index (χ0n) is 9.93. The van der Waals surface area contributed by atoms with E-state index in [1.165, 1.54) is 16.4 Å². The average molecular weight is 264 g/mol. The highest BCUT2D eigenvalue weighted by Crippen LogP contribution is 2.26. The number of nitrogens with zero attached hydrogens (tertiary/aromatic N) is 2. The van der Waals surface area contributed by atoms with E-state index in [4.69, 9.17) is 5.73 Å². The number of hydrogen-bond donors (Lipinski definition) is 2. The van der Waals surface area contributed by atoms with E-state index >= 15 is 0 Å². The van der Waals surface area contributed by atoms with Crippen LogP contribution in [0.1, 0.15) is 5.56 Å². The second kappa shape index (κ2) is 4.69. The zero-order valence-corrected chi connectivity index (χ0v) is 10.7. The maximum atomic E-state index is 11.2. The summed E-state index contributed by atoms with van der Waals surface area (Å²) in [6, 6.07) is 5.57. The van der Waals surface area contributed by atoms with Gasteiger partial charge in [0, 0.05) is 17.6 Å². The van der Waals surface area contributed by atoms with Crippen LogP contribution in [0.15, 0.2) is 37.8 Å². The summed E-state index contributed by atoms with van der Waals surface area (Å²) in [6.07, 6.45) is 0. The first-order chi connectivity index (χ1) is 8.45. The van der Waals surface area contributed by atoms with Crippen molar-refractivity contribution >= 4 is 17.4 Å². The minimum absolute atomic E-state index is 0.407. The van der Waals surface area contributed by atoms with Gasteiger partial charge in [0.1, 0.15) is 0 Å². The molecule has 0 aliphatic rings. The molecule has 0 atom stereocenters. The molecule has 0 amide bonds. The van der Waals surface area contributed by atoms with Crippen LogP contribution in [0, 0.1) is 6.92 Å². The molecule has 0 bridgehead atoms. The predicted octanol–water partition coefficient (Wildman–Crippen LogP) is 0.510. The number of nitrogens with one attached hydrogen (secondary N) is 1. The van der Waals surface area contributed by atoms with Crippen LogP contribution in [0.25, 0.3) is 0 Å². The largest absolute Gasteiger partial charge is 0.399 e. The van der Waals surface area contributed by atoms with Crippen LogP contribution in [0.2, 0.25) is 0 Å². The van der Waals surface area contributed by atoms with Crippen LogP contribution in [0.5, 0.6) is 0 Å². The molecule has 0 unspecified atom stereocenters. The number of anilines is 1. The molecule has 1 aromatic heterocycles. The fourth-order valence-electron chi connectivity index (χ4n) is 1.49. The second-order valence-electron chi connectivity index (χ2n) is 3.88. The van der Waals surface area contributed by atoms with Crippen molar-refractivity contribution in [3.05, 3.63) is 44.5 Å². The summed E-state index contributed by atoms with van der Waals surface area (Å²) < 4.78 is 1.41. The summed E-state index contributed by atoms with van der Waals surface area (Å²) in [5.41, 5.74) is 5.88. The average Bonchev–Trinajstić information content (AvgIpc) is 2.24. The van der Waals surface area contributed by atoms with Crippen molar-refractivity contribution < 1.29 is 0 Å². The molecular weight excluding hydrogens is 252 g/mol. The first-order valence-corrected chi connectivity index (χ1v) is 6.00. The highest BCUT2D eigenvalue weighted by atomic mass is 32.2. The first-order valence-electron chi connectivity index (χ1n) is 5.18. The molecule has 0 spiro atoms. The van der Waals surface area contributed by atoms with Gasteiger partial charge in [-0.2, -0.15) is 4.98 Å². The normalized spacial score (nSPS) is 10.6. The van der Waals surface area contributed by atoms with Crippen molar-refractivity contribution in [1.82, 2.24) is 14.8 Å². The standard InChI is InChI=1S/C11H12N4O2S/c1-6-3-7(12)5-8(4-6)18-11-13-9(16)10(17)14-15(11)2/h3-5H,12H2,1-2H3,(H,14,17). The molecule has 18 heavy (non-hydrogen) atoms. The number of aryl methyl sites for hydroxylation is 2. The van der Waals surface area contributed by atoms with E-state index in [9.17, 15) is 9.59 Å². The van der Waals surface area contributed by atoms with Gasteiger partial charge >= 0.3 is 11.1 Å². The lowest BCUT2D eigenvalue weighted by molar-refractivity contribution is 0.596. The first kappa shape index (κ1) is 12.4. The van der Waals surface area contributed by atoms with Crippen LogP contribution in [-0.2, 0) is 7.05 Å². The topological polar surface area (TPSA) is 93.8 Å². The SMILES string of the molecule is Cc1cc(N)cc(Sc2nc(=O)c(=O)[nH]n2C)c1. The summed E-state index contributed by atoms with van der Waals surface area (Å²) in [5, 5.41) is 2.80. The maximum Gasteiger partial charge on any atom is 0.339 e. The minimum Gasteiger partial charge on any atom is -0.399 e. The predicted molar refractivity (Wildman–Crippen MR) is 69.8 cm³/mol. The molecule has 1 aromatic carbocycles.